The van der Waals surface area contributed by atoms with Gasteiger partial charge in [-0.3, -0.25) is 0 Å². The highest BCUT2D eigenvalue weighted by Gasteiger charge is 2.12. The van der Waals surface area contributed by atoms with E-state index in [-0.39, 0.29) is 0 Å². The van der Waals surface area contributed by atoms with Crippen molar-refractivity contribution >= 4 is 16.4 Å². The third-order valence-electron chi connectivity index (χ3n) is 3.72. The van der Waals surface area contributed by atoms with Gasteiger partial charge in [0.2, 0.25) is 0 Å². The molecule has 0 spiro atoms. The summed E-state index contributed by atoms with van der Waals surface area (Å²) < 4.78 is 7.68. The Kier molecular flexibility index (Phi) is 2.64. The van der Waals surface area contributed by atoms with E-state index in [1.807, 2.05) is 47.1 Å². The van der Waals surface area contributed by atoms with Crippen molar-refractivity contribution in [1.29, 1.82) is 0 Å². The molecule has 0 aliphatic rings. The molecule has 0 fully saturated rings. The molecular formula is C18H14N2O. The molecule has 102 valence electrons. The number of fused-ring (bicyclic) bond motifs is 2. The van der Waals surface area contributed by atoms with Crippen molar-refractivity contribution in [3.8, 4) is 17.0 Å². The van der Waals surface area contributed by atoms with Gasteiger partial charge in [0, 0.05) is 23.3 Å². The Morgan fingerprint density at radius 2 is 1.81 bits per heavy atom. The molecule has 0 saturated heterocycles. The fraction of sp³-hybridized carbons (Fsp3) is 0.0556. The fourth-order valence-electron chi connectivity index (χ4n) is 2.73. The van der Waals surface area contributed by atoms with Crippen molar-refractivity contribution in [1.82, 2.24) is 9.38 Å². The molecule has 0 unspecified atom stereocenters. The fourth-order valence-corrected chi connectivity index (χ4v) is 2.73. The Labute approximate surface area is 122 Å². The quantitative estimate of drug-likeness (QED) is 0.548. The number of rotatable bonds is 2. The molecule has 0 radical (unpaired) electrons. The Morgan fingerprint density at radius 1 is 0.952 bits per heavy atom. The molecule has 0 aliphatic heterocycles. The van der Waals surface area contributed by atoms with Gasteiger partial charge in [-0.1, -0.05) is 36.4 Å². The number of aromatic nitrogens is 2. The first-order valence-corrected chi connectivity index (χ1v) is 6.86. The number of methoxy groups -OCH3 is 1. The lowest BCUT2D eigenvalue weighted by Crippen LogP contribution is -1.90. The summed E-state index contributed by atoms with van der Waals surface area (Å²) in [6, 6.07) is 18.4. The second kappa shape index (κ2) is 4.63. The van der Waals surface area contributed by atoms with E-state index in [9.17, 15) is 0 Å². The van der Waals surface area contributed by atoms with Crippen LogP contribution in [0.2, 0.25) is 0 Å². The number of nitrogens with zero attached hydrogens (tertiary/aromatic N) is 2. The van der Waals surface area contributed by atoms with Crippen LogP contribution in [0, 0.1) is 0 Å². The van der Waals surface area contributed by atoms with E-state index < -0.39 is 0 Å². The number of benzene rings is 2. The molecule has 0 N–H and O–H groups in total. The maximum atomic E-state index is 5.66. The maximum absolute atomic E-state index is 5.66. The van der Waals surface area contributed by atoms with Crippen LogP contribution in [0.5, 0.6) is 5.75 Å². The Hall–Kier alpha value is -2.81. The minimum atomic E-state index is 0.872. The summed E-state index contributed by atoms with van der Waals surface area (Å²) in [5.41, 5.74) is 2.87. The molecule has 21 heavy (non-hydrogen) atoms. The van der Waals surface area contributed by atoms with Crippen LogP contribution < -0.4 is 4.74 Å². The number of hydrogen-bond acceptors (Lipinski definition) is 2. The number of ether oxygens (including phenoxy) is 1. The number of hydrogen-bond donors (Lipinski definition) is 0. The molecule has 3 heteroatoms. The minimum Gasteiger partial charge on any atom is -0.495 e. The molecule has 4 aromatic rings. The Morgan fingerprint density at radius 3 is 2.67 bits per heavy atom. The highest BCUT2D eigenvalue weighted by atomic mass is 16.5. The summed E-state index contributed by atoms with van der Waals surface area (Å²) in [6.45, 7) is 0. The van der Waals surface area contributed by atoms with Crippen LogP contribution in [0.25, 0.3) is 27.7 Å². The van der Waals surface area contributed by atoms with Gasteiger partial charge in [0.05, 0.1) is 12.8 Å². The van der Waals surface area contributed by atoms with Crippen LogP contribution in [-0.2, 0) is 0 Å². The van der Waals surface area contributed by atoms with Crippen LogP contribution in [0.3, 0.4) is 0 Å². The smallest absolute Gasteiger partial charge is 0.137 e. The van der Waals surface area contributed by atoms with E-state index in [0.29, 0.717) is 0 Å². The lowest BCUT2D eigenvalue weighted by Gasteiger charge is -2.10. The first-order valence-electron chi connectivity index (χ1n) is 6.86. The predicted molar refractivity (Wildman–Crippen MR) is 84.7 cm³/mol. The largest absolute Gasteiger partial charge is 0.495 e. The molecule has 2 aromatic heterocycles. The molecular weight excluding hydrogens is 260 g/mol. The van der Waals surface area contributed by atoms with Gasteiger partial charge in [-0.2, -0.15) is 0 Å². The van der Waals surface area contributed by atoms with Crippen molar-refractivity contribution < 1.29 is 4.74 Å². The zero-order valence-electron chi connectivity index (χ0n) is 11.7. The average molecular weight is 274 g/mol. The predicted octanol–water partition coefficient (Wildman–Crippen LogP) is 4.16. The van der Waals surface area contributed by atoms with Crippen LogP contribution >= 0.6 is 0 Å². The first-order chi connectivity index (χ1) is 10.4. The van der Waals surface area contributed by atoms with Gasteiger partial charge in [0.25, 0.3) is 0 Å². The third-order valence-corrected chi connectivity index (χ3v) is 3.72. The van der Waals surface area contributed by atoms with E-state index in [4.69, 9.17) is 4.74 Å². The van der Waals surface area contributed by atoms with Gasteiger partial charge in [-0.15, -0.1) is 0 Å². The van der Waals surface area contributed by atoms with Crippen molar-refractivity contribution in [2.75, 3.05) is 7.11 Å². The Bertz CT molecular complexity index is 907. The highest BCUT2D eigenvalue weighted by molar-refractivity contribution is 5.94. The van der Waals surface area contributed by atoms with E-state index in [1.165, 1.54) is 5.39 Å². The van der Waals surface area contributed by atoms with Crippen molar-refractivity contribution in [2.45, 2.75) is 0 Å². The van der Waals surface area contributed by atoms with Crippen LogP contribution in [0.1, 0.15) is 0 Å². The normalized spacial score (nSPS) is 11.1. The molecule has 0 saturated carbocycles. The lowest BCUT2D eigenvalue weighted by molar-refractivity contribution is 0.421. The molecule has 0 bridgehead atoms. The number of pyridine rings is 1. The Balaban J connectivity index is 2.01. The summed E-state index contributed by atoms with van der Waals surface area (Å²) in [4.78, 5) is 4.68. The standard InChI is InChI=1S/C18H14N2O/c1-21-18-14-7-3-2-6-13(14)9-10-15(18)16-12-20-11-5-4-8-17(20)19-16/h2-12H,1H3. The molecule has 0 atom stereocenters. The van der Waals surface area contributed by atoms with Gasteiger partial charge < -0.3 is 9.14 Å². The van der Waals surface area contributed by atoms with Gasteiger partial charge in [-0.25, -0.2) is 4.98 Å². The monoisotopic (exact) mass is 274 g/mol. The van der Waals surface area contributed by atoms with Crippen LogP contribution in [0.15, 0.2) is 67.0 Å². The molecule has 4 rings (SSSR count). The summed E-state index contributed by atoms with van der Waals surface area (Å²) in [7, 11) is 1.71. The molecule has 3 nitrogen and oxygen atoms in total. The van der Waals surface area contributed by atoms with Gasteiger partial charge in [0.1, 0.15) is 11.4 Å². The van der Waals surface area contributed by atoms with Gasteiger partial charge >= 0.3 is 0 Å². The number of imidazole rings is 1. The summed E-state index contributed by atoms with van der Waals surface area (Å²) in [6.07, 6.45) is 4.03. The first kappa shape index (κ1) is 12.0. The third kappa shape index (κ3) is 1.86. The molecule has 2 heterocycles. The highest BCUT2D eigenvalue weighted by Crippen LogP contribution is 2.36. The maximum Gasteiger partial charge on any atom is 0.137 e. The summed E-state index contributed by atoms with van der Waals surface area (Å²) >= 11 is 0. The SMILES string of the molecule is COc1c(-c2cn3ccccc3n2)ccc2ccccc12. The summed E-state index contributed by atoms with van der Waals surface area (Å²) in [5, 5.41) is 2.27. The van der Waals surface area contributed by atoms with Crippen LogP contribution in [-0.4, -0.2) is 16.5 Å². The van der Waals surface area contributed by atoms with E-state index in [1.54, 1.807) is 7.11 Å². The molecule has 2 aromatic carbocycles. The van der Waals surface area contributed by atoms with E-state index >= 15 is 0 Å². The second-order valence-electron chi connectivity index (χ2n) is 4.96. The van der Waals surface area contributed by atoms with E-state index in [2.05, 4.69) is 29.2 Å². The topological polar surface area (TPSA) is 26.5 Å². The second-order valence-corrected chi connectivity index (χ2v) is 4.96. The minimum absolute atomic E-state index is 0.872. The zero-order chi connectivity index (χ0) is 14.2. The lowest BCUT2D eigenvalue weighted by atomic mass is 10.0. The summed E-state index contributed by atoms with van der Waals surface area (Å²) in [5.74, 6) is 0.872. The van der Waals surface area contributed by atoms with Gasteiger partial charge in [0.15, 0.2) is 0 Å². The van der Waals surface area contributed by atoms with Crippen molar-refractivity contribution in [3.63, 3.8) is 0 Å². The van der Waals surface area contributed by atoms with Crippen molar-refractivity contribution in [3.05, 3.63) is 67.0 Å². The van der Waals surface area contributed by atoms with Gasteiger partial charge in [-0.05, 0) is 23.6 Å². The molecule has 0 amide bonds. The zero-order valence-corrected chi connectivity index (χ0v) is 11.7. The van der Waals surface area contributed by atoms with Crippen LogP contribution in [0.4, 0.5) is 0 Å². The molecule has 0 aliphatic carbocycles. The van der Waals surface area contributed by atoms with Crippen molar-refractivity contribution in [2.24, 2.45) is 0 Å². The van der Waals surface area contributed by atoms with E-state index in [0.717, 1.165) is 28.0 Å². The average Bonchev–Trinajstić information content (AvgIpc) is 2.97.